The number of carbonyl (C=O) groups is 1. The molecule has 2 aromatic rings. The lowest BCUT2D eigenvalue weighted by Gasteiger charge is -2.33. The molecule has 0 aliphatic carbocycles. The fraction of sp³-hybridized carbons (Fsp3) is 0.450. The molecule has 2 N–H and O–H groups in total. The van der Waals surface area contributed by atoms with Gasteiger partial charge in [0.15, 0.2) is 11.5 Å². The van der Waals surface area contributed by atoms with Crippen LogP contribution in [-0.4, -0.2) is 39.7 Å². The first-order valence-corrected chi connectivity index (χ1v) is 9.57. The topological polar surface area (TPSA) is 73.9 Å². The van der Waals surface area contributed by atoms with E-state index >= 15 is 0 Å². The molecule has 0 radical (unpaired) electrons. The lowest BCUT2D eigenvalue weighted by atomic mass is 9.90. The van der Waals surface area contributed by atoms with Gasteiger partial charge in [0.25, 0.3) is 5.91 Å². The number of hydrogen-bond acceptors (Lipinski definition) is 5. The van der Waals surface area contributed by atoms with Crippen LogP contribution < -0.4 is 0 Å². The second-order valence-electron chi connectivity index (χ2n) is 7.06. The smallest absolute Gasteiger partial charge is 0.289 e. The Balaban J connectivity index is 1.58. The Bertz CT molecular complexity index is 799. The van der Waals surface area contributed by atoms with Gasteiger partial charge in [-0.15, -0.1) is 11.3 Å². The molecule has 0 aromatic carbocycles. The summed E-state index contributed by atoms with van der Waals surface area (Å²) in [5.41, 5.74) is -1.11. The molecule has 138 valence electrons. The number of aliphatic hydroxyl groups is 2. The first-order chi connectivity index (χ1) is 12.3. The maximum atomic E-state index is 12.6. The lowest BCUT2D eigenvalue weighted by molar-refractivity contribution is 0.0453. The van der Waals surface area contributed by atoms with Crippen LogP contribution in [0.2, 0.25) is 0 Å². The summed E-state index contributed by atoms with van der Waals surface area (Å²) in [7, 11) is 0. The Morgan fingerprint density at radius 3 is 2.69 bits per heavy atom. The molecule has 5 nitrogen and oxygen atoms in total. The maximum absolute atomic E-state index is 12.6. The number of carbonyl (C=O) groups excluding carboxylic acids is 1. The Hall–Kier alpha value is -2.07. The summed E-state index contributed by atoms with van der Waals surface area (Å²) in [6.07, 6.45) is 1.06. The van der Waals surface area contributed by atoms with Crippen molar-refractivity contribution >= 4 is 17.2 Å². The van der Waals surface area contributed by atoms with Gasteiger partial charge in [0, 0.05) is 18.0 Å². The summed E-state index contributed by atoms with van der Waals surface area (Å²) in [6.45, 7) is 4.36. The number of aliphatic hydroxyl groups excluding tert-OH is 1. The van der Waals surface area contributed by atoms with Crippen molar-refractivity contribution in [3.8, 4) is 11.8 Å². The van der Waals surface area contributed by atoms with Crippen LogP contribution in [0.3, 0.4) is 0 Å². The van der Waals surface area contributed by atoms with Gasteiger partial charge in [-0.3, -0.25) is 4.79 Å². The van der Waals surface area contributed by atoms with Crippen molar-refractivity contribution in [2.24, 2.45) is 5.92 Å². The van der Waals surface area contributed by atoms with Gasteiger partial charge in [-0.1, -0.05) is 12.0 Å². The molecule has 0 spiro atoms. The second kappa shape index (κ2) is 7.67. The van der Waals surface area contributed by atoms with Crippen LogP contribution in [0, 0.1) is 17.8 Å². The van der Waals surface area contributed by atoms with E-state index in [9.17, 15) is 15.0 Å². The molecule has 1 atom stereocenters. The SMILES string of the molecule is CC(C)(O)C#Cc1ccc(C(=O)N2CCC(C(O)c3cccs3)CC2)o1. The molecule has 3 heterocycles. The van der Waals surface area contributed by atoms with E-state index in [0.717, 1.165) is 17.7 Å². The van der Waals surface area contributed by atoms with E-state index in [1.807, 2.05) is 17.5 Å². The molecule has 1 amide bonds. The van der Waals surface area contributed by atoms with Crippen LogP contribution in [0.5, 0.6) is 0 Å². The van der Waals surface area contributed by atoms with Crippen LogP contribution in [-0.2, 0) is 0 Å². The highest BCUT2D eigenvalue weighted by Crippen LogP contribution is 2.33. The van der Waals surface area contributed by atoms with Crippen LogP contribution in [0.15, 0.2) is 34.1 Å². The quantitative estimate of drug-likeness (QED) is 0.811. The van der Waals surface area contributed by atoms with Gasteiger partial charge in [0.05, 0.1) is 6.10 Å². The predicted molar refractivity (Wildman–Crippen MR) is 99.8 cm³/mol. The van der Waals surface area contributed by atoms with E-state index in [4.69, 9.17) is 4.42 Å². The average Bonchev–Trinajstić information content (AvgIpc) is 3.30. The number of furan rings is 1. The monoisotopic (exact) mass is 373 g/mol. The van der Waals surface area contributed by atoms with E-state index in [1.165, 1.54) is 0 Å². The van der Waals surface area contributed by atoms with Crippen LogP contribution in [0.25, 0.3) is 0 Å². The maximum Gasteiger partial charge on any atom is 0.289 e. The third-order valence-electron chi connectivity index (χ3n) is 4.42. The molecular weight excluding hydrogens is 350 g/mol. The van der Waals surface area contributed by atoms with Crippen LogP contribution in [0.1, 0.15) is 54.0 Å². The van der Waals surface area contributed by atoms with Gasteiger partial charge < -0.3 is 19.5 Å². The van der Waals surface area contributed by atoms with Crippen LogP contribution in [0.4, 0.5) is 0 Å². The van der Waals surface area contributed by atoms with Crippen molar-refractivity contribution in [3.05, 3.63) is 46.0 Å². The molecule has 1 saturated heterocycles. The van der Waals surface area contributed by atoms with E-state index in [1.54, 1.807) is 42.2 Å². The summed E-state index contributed by atoms with van der Waals surface area (Å²) in [5, 5.41) is 22.0. The average molecular weight is 373 g/mol. The number of likely N-dealkylation sites (tertiary alicyclic amines) is 1. The highest BCUT2D eigenvalue weighted by atomic mass is 32.1. The second-order valence-corrected chi connectivity index (χ2v) is 8.04. The van der Waals surface area contributed by atoms with E-state index in [-0.39, 0.29) is 17.6 Å². The fourth-order valence-electron chi connectivity index (χ4n) is 3.00. The van der Waals surface area contributed by atoms with Crippen molar-refractivity contribution in [2.75, 3.05) is 13.1 Å². The third kappa shape index (κ3) is 4.55. The zero-order chi connectivity index (χ0) is 18.7. The first-order valence-electron chi connectivity index (χ1n) is 8.69. The van der Waals surface area contributed by atoms with E-state index < -0.39 is 11.7 Å². The lowest BCUT2D eigenvalue weighted by Crippen LogP contribution is -2.39. The molecule has 1 unspecified atom stereocenters. The fourth-order valence-corrected chi connectivity index (χ4v) is 3.80. The van der Waals surface area contributed by atoms with E-state index in [2.05, 4.69) is 11.8 Å². The third-order valence-corrected chi connectivity index (χ3v) is 5.36. The van der Waals surface area contributed by atoms with Gasteiger partial charge in [-0.2, -0.15) is 0 Å². The normalized spacial score (nSPS) is 16.8. The first kappa shape index (κ1) is 18.7. The molecule has 0 bridgehead atoms. The van der Waals surface area contributed by atoms with E-state index in [0.29, 0.717) is 18.8 Å². The Morgan fingerprint density at radius 2 is 2.08 bits per heavy atom. The zero-order valence-corrected chi connectivity index (χ0v) is 15.8. The molecular formula is C20H23NO4S. The number of piperidine rings is 1. The standard InChI is InChI=1S/C20H23NO4S/c1-20(2,24)10-7-15-5-6-16(25-15)19(23)21-11-8-14(9-12-21)18(22)17-4-3-13-26-17/h3-6,13-14,18,22,24H,8-9,11-12H2,1-2H3. The van der Waals surface area contributed by atoms with Gasteiger partial charge in [-0.05, 0) is 62.1 Å². The molecule has 2 aromatic heterocycles. The summed E-state index contributed by atoms with van der Waals surface area (Å²) in [5.74, 6) is 6.01. The van der Waals surface area contributed by atoms with Gasteiger partial charge in [0.2, 0.25) is 0 Å². The number of thiophene rings is 1. The largest absolute Gasteiger partial charge is 0.443 e. The Labute approximate surface area is 157 Å². The van der Waals surface area contributed by atoms with Crippen molar-refractivity contribution in [2.45, 2.75) is 38.4 Å². The molecule has 1 aliphatic rings. The van der Waals surface area contributed by atoms with Gasteiger partial charge in [0.1, 0.15) is 5.60 Å². The summed E-state index contributed by atoms with van der Waals surface area (Å²) < 4.78 is 5.50. The van der Waals surface area contributed by atoms with Crippen molar-refractivity contribution in [3.63, 3.8) is 0 Å². The minimum atomic E-state index is -1.11. The number of rotatable bonds is 3. The van der Waals surface area contributed by atoms with Gasteiger partial charge in [-0.25, -0.2) is 0 Å². The summed E-state index contributed by atoms with van der Waals surface area (Å²) >= 11 is 1.56. The summed E-state index contributed by atoms with van der Waals surface area (Å²) in [4.78, 5) is 15.3. The predicted octanol–water partition coefficient (Wildman–Crippen LogP) is 3.05. The van der Waals surface area contributed by atoms with Crippen molar-refractivity contribution < 1.29 is 19.4 Å². The van der Waals surface area contributed by atoms with Gasteiger partial charge >= 0.3 is 0 Å². The molecule has 26 heavy (non-hydrogen) atoms. The zero-order valence-electron chi connectivity index (χ0n) is 14.9. The van der Waals surface area contributed by atoms with Crippen molar-refractivity contribution in [1.29, 1.82) is 0 Å². The van der Waals surface area contributed by atoms with Crippen LogP contribution >= 0.6 is 11.3 Å². The number of amides is 1. The summed E-state index contributed by atoms with van der Waals surface area (Å²) in [6, 6.07) is 7.14. The number of nitrogens with zero attached hydrogens (tertiary/aromatic N) is 1. The Kier molecular flexibility index (Phi) is 5.52. The number of hydrogen-bond donors (Lipinski definition) is 2. The molecule has 0 saturated carbocycles. The highest BCUT2D eigenvalue weighted by Gasteiger charge is 2.30. The molecule has 1 aliphatic heterocycles. The highest BCUT2D eigenvalue weighted by molar-refractivity contribution is 7.10. The molecule has 1 fully saturated rings. The van der Waals surface area contributed by atoms with Crippen molar-refractivity contribution in [1.82, 2.24) is 4.90 Å². The minimum Gasteiger partial charge on any atom is -0.443 e. The molecule has 3 rings (SSSR count). The minimum absolute atomic E-state index is 0.162. The Morgan fingerprint density at radius 1 is 1.35 bits per heavy atom. The molecule has 6 heteroatoms.